The van der Waals surface area contributed by atoms with E-state index >= 15 is 0 Å². The van der Waals surface area contributed by atoms with Crippen LogP contribution in [0.3, 0.4) is 0 Å². The Bertz CT molecular complexity index is 725. The lowest BCUT2D eigenvalue weighted by atomic mass is 9.89. The van der Waals surface area contributed by atoms with Crippen molar-refractivity contribution in [3.63, 3.8) is 0 Å². The van der Waals surface area contributed by atoms with E-state index in [-0.39, 0.29) is 11.2 Å². The van der Waals surface area contributed by atoms with Gasteiger partial charge >= 0.3 is 0 Å². The van der Waals surface area contributed by atoms with Crippen molar-refractivity contribution in [2.45, 2.75) is 69.3 Å². The van der Waals surface area contributed by atoms with Gasteiger partial charge in [-0.15, -0.1) is 10.2 Å². The fourth-order valence-corrected chi connectivity index (χ4v) is 4.58. The first-order valence-corrected chi connectivity index (χ1v) is 11.0. The Hall–Kier alpha value is -1.82. The molecule has 146 valence electrons. The quantitative estimate of drug-likeness (QED) is 0.695. The number of amides is 1. The van der Waals surface area contributed by atoms with E-state index in [4.69, 9.17) is 0 Å². The van der Waals surface area contributed by atoms with E-state index in [1.54, 1.807) is 0 Å². The van der Waals surface area contributed by atoms with Crippen molar-refractivity contribution >= 4 is 17.7 Å². The number of carbonyl (C=O) groups excluding carboxylic acids is 1. The van der Waals surface area contributed by atoms with Crippen LogP contribution < -0.4 is 5.32 Å². The maximum absolute atomic E-state index is 12.5. The zero-order chi connectivity index (χ0) is 19.1. The largest absolute Gasteiger partial charge is 0.355 e. The standard InChI is InChI=1S/C21H30N4OS/c1-3-25-19(14-17-10-6-4-7-11-17)23-24-21(25)27-16(2)20(26)22-15-18-12-8-5-9-13-18/h4,6-7,10-11,16,18H,3,5,8-9,12-15H2,1-2H3,(H,22,26). The van der Waals surface area contributed by atoms with E-state index < -0.39 is 0 Å². The third-order valence-corrected chi connectivity index (χ3v) is 6.34. The molecule has 1 aromatic carbocycles. The van der Waals surface area contributed by atoms with Gasteiger partial charge in [0.2, 0.25) is 5.91 Å². The minimum Gasteiger partial charge on any atom is -0.355 e. The van der Waals surface area contributed by atoms with E-state index in [2.05, 4.69) is 39.1 Å². The fraction of sp³-hybridized carbons (Fsp3) is 0.571. The molecule has 1 amide bonds. The van der Waals surface area contributed by atoms with Gasteiger partial charge < -0.3 is 9.88 Å². The van der Waals surface area contributed by atoms with Crippen LogP contribution in [0.4, 0.5) is 0 Å². The van der Waals surface area contributed by atoms with Gasteiger partial charge in [0, 0.05) is 19.5 Å². The molecule has 1 N–H and O–H groups in total. The highest BCUT2D eigenvalue weighted by Gasteiger charge is 2.21. The molecule has 3 rings (SSSR count). The molecule has 0 saturated heterocycles. The molecule has 1 aliphatic carbocycles. The Balaban J connectivity index is 1.56. The second-order valence-corrected chi connectivity index (χ2v) is 8.62. The molecule has 1 aliphatic rings. The van der Waals surface area contributed by atoms with E-state index in [1.165, 1.54) is 49.4 Å². The highest BCUT2D eigenvalue weighted by Crippen LogP contribution is 2.25. The Morgan fingerprint density at radius 1 is 1.22 bits per heavy atom. The SMILES string of the molecule is CCn1c(Cc2ccccc2)nnc1SC(C)C(=O)NCC1CCCCC1. The zero-order valence-corrected chi connectivity index (χ0v) is 17.2. The summed E-state index contributed by atoms with van der Waals surface area (Å²) in [7, 11) is 0. The van der Waals surface area contributed by atoms with Crippen molar-refractivity contribution < 1.29 is 4.79 Å². The van der Waals surface area contributed by atoms with Crippen molar-refractivity contribution in [3.05, 3.63) is 41.7 Å². The number of carbonyl (C=O) groups is 1. The molecule has 1 heterocycles. The van der Waals surface area contributed by atoms with Crippen LogP contribution in [0.15, 0.2) is 35.5 Å². The number of hydrogen-bond acceptors (Lipinski definition) is 4. The van der Waals surface area contributed by atoms with E-state index in [1.807, 2.05) is 25.1 Å². The van der Waals surface area contributed by atoms with E-state index in [9.17, 15) is 4.79 Å². The first-order valence-electron chi connectivity index (χ1n) is 10.1. The number of benzene rings is 1. The smallest absolute Gasteiger partial charge is 0.233 e. The number of nitrogens with one attached hydrogen (secondary N) is 1. The van der Waals surface area contributed by atoms with Gasteiger partial charge in [-0.1, -0.05) is 61.4 Å². The number of hydrogen-bond donors (Lipinski definition) is 1. The van der Waals surface area contributed by atoms with Crippen LogP contribution in [0.2, 0.25) is 0 Å². The van der Waals surface area contributed by atoms with Crippen molar-refractivity contribution in [1.82, 2.24) is 20.1 Å². The monoisotopic (exact) mass is 386 g/mol. The molecule has 1 fully saturated rings. The van der Waals surface area contributed by atoms with Crippen LogP contribution in [0.25, 0.3) is 0 Å². The summed E-state index contributed by atoms with van der Waals surface area (Å²) in [5.74, 6) is 1.69. The minimum atomic E-state index is -0.173. The molecule has 0 spiro atoms. The van der Waals surface area contributed by atoms with Gasteiger partial charge in [-0.3, -0.25) is 4.79 Å². The molecule has 0 bridgehead atoms. The highest BCUT2D eigenvalue weighted by molar-refractivity contribution is 8.00. The average Bonchev–Trinajstić information content (AvgIpc) is 3.08. The van der Waals surface area contributed by atoms with Crippen molar-refractivity contribution in [2.24, 2.45) is 5.92 Å². The molecule has 1 aromatic heterocycles. The third-order valence-electron chi connectivity index (χ3n) is 5.26. The van der Waals surface area contributed by atoms with Crippen LogP contribution in [0.1, 0.15) is 57.3 Å². The second kappa shape index (κ2) is 9.93. The summed E-state index contributed by atoms with van der Waals surface area (Å²) in [6.07, 6.45) is 7.19. The average molecular weight is 387 g/mol. The number of thioether (sulfide) groups is 1. The molecule has 1 unspecified atom stereocenters. The van der Waals surface area contributed by atoms with Crippen LogP contribution >= 0.6 is 11.8 Å². The maximum Gasteiger partial charge on any atom is 0.233 e. The molecular weight excluding hydrogens is 356 g/mol. The zero-order valence-electron chi connectivity index (χ0n) is 16.4. The molecule has 1 atom stereocenters. The third kappa shape index (κ3) is 5.58. The molecule has 0 radical (unpaired) electrons. The molecule has 1 saturated carbocycles. The molecule has 27 heavy (non-hydrogen) atoms. The molecule has 0 aliphatic heterocycles. The fourth-order valence-electron chi connectivity index (χ4n) is 3.62. The first kappa shape index (κ1) is 19.9. The van der Waals surface area contributed by atoms with Crippen molar-refractivity contribution in [2.75, 3.05) is 6.54 Å². The topological polar surface area (TPSA) is 59.8 Å². The summed E-state index contributed by atoms with van der Waals surface area (Å²) in [6.45, 7) is 5.65. The molecular formula is C21H30N4OS. The van der Waals surface area contributed by atoms with Gasteiger partial charge in [0.15, 0.2) is 5.16 Å². The van der Waals surface area contributed by atoms with Gasteiger partial charge in [0.05, 0.1) is 5.25 Å². The molecule has 5 nitrogen and oxygen atoms in total. The second-order valence-electron chi connectivity index (χ2n) is 7.31. The predicted molar refractivity (Wildman–Crippen MR) is 110 cm³/mol. The Morgan fingerprint density at radius 2 is 1.96 bits per heavy atom. The molecule has 6 heteroatoms. The number of aromatic nitrogens is 3. The van der Waals surface area contributed by atoms with Gasteiger partial charge in [0.25, 0.3) is 0 Å². The normalized spacial score (nSPS) is 16.2. The van der Waals surface area contributed by atoms with E-state index in [0.717, 1.165) is 30.5 Å². The minimum absolute atomic E-state index is 0.0980. The summed E-state index contributed by atoms with van der Waals surface area (Å²) < 4.78 is 2.11. The summed E-state index contributed by atoms with van der Waals surface area (Å²) in [4.78, 5) is 12.5. The summed E-state index contributed by atoms with van der Waals surface area (Å²) >= 11 is 1.50. The lowest BCUT2D eigenvalue weighted by Gasteiger charge is -2.22. The summed E-state index contributed by atoms with van der Waals surface area (Å²) in [5.41, 5.74) is 1.22. The summed E-state index contributed by atoms with van der Waals surface area (Å²) in [6, 6.07) is 10.3. The van der Waals surface area contributed by atoms with Crippen molar-refractivity contribution in [1.29, 1.82) is 0 Å². The van der Waals surface area contributed by atoms with Gasteiger partial charge in [-0.05, 0) is 38.2 Å². The van der Waals surface area contributed by atoms with Crippen LogP contribution in [-0.2, 0) is 17.8 Å². The first-order chi connectivity index (χ1) is 13.2. The lowest BCUT2D eigenvalue weighted by Crippen LogP contribution is -2.35. The predicted octanol–water partition coefficient (Wildman–Crippen LogP) is 4.07. The van der Waals surface area contributed by atoms with Crippen LogP contribution in [0, 0.1) is 5.92 Å². The van der Waals surface area contributed by atoms with Gasteiger partial charge in [-0.2, -0.15) is 0 Å². The van der Waals surface area contributed by atoms with Crippen LogP contribution in [-0.4, -0.2) is 32.5 Å². The number of rotatable bonds is 8. The van der Waals surface area contributed by atoms with Crippen molar-refractivity contribution in [3.8, 4) is 0 Å². The van der Waals surface area contributed by atoms with Crippen LogP contribution in [0.5, 0.6) is 0 Å². The maximum atomic E-state index is 12.5. The number of nitrogens with zero attached hydrogens (tertiary/aromatic N) is 3. The Kier molecular flexibility index (Phi) is 7.33. The summed E-state index contributed by atoms with van der Waals surface area (Å²) in [5, 5.41) is 12.5. The van der Waals surface area contributed by atoms with Gasteiger partial charge in [-0.25, -0.2) is 0 Å². The van der Waals surface area contributed by atoms with E-state index in [0.29, 0.717) is 5.92 Å². The molecule has 2 aromatic rings. The highest BCUT2D eigenvalue weighted by atomic mass is 32.2. The lowest BCUT2D eigenvalue weighted by molar-refractivity contribution is -0.120. The Labute approximate surface area is 166 Å². The van der Waals surface area contributed by atoms with Gasteiger partial charge in [0.1, 0.15) is 5.82 Å². The Morgan fingerprint density at radius 3 is 2.67 bits per heavy atom.